The van der Waals surface area contributed by atoms with Crippen LogP contribution in [0.3, 0.4) is 0 Å². The summed E-state index contributed by atoms with van der Waals surface area (Å²) in [6, 6.07) is 2.79. The molecule has 0 spiro atoms. The highest BCUT2D eigenvalue weighted by Crippen LogP contribution is 2.28. The van der Waals surface area contributed by atoms with Gasteiger partial charge in [0.15, 0.2) is 0 Å². The number of anilines is 1. The number of aromatic nitrogens is 1. The molecule has 0 amide bonds. The highest BCUT2D eigenvalue weighted by molar-refractivity contribution is 5.44. The second-order valence-corrected chi connectivity index (χ2v) is 4.10. The van der Waals surface area contributed by atoms with Gasteiger partial charge in [-0.15, -0.1) is 0 Å². The lowest BCUT2D eigenvalue weighted by Crippen LogP contribution is -2.11. The Morgan fingerprint density at radius 3 is 3.12 bits per heavy atom. The molecule has 1 saturated carbocycles. The first-order valence-corrected chi connectivity index (χ1v) is 5.68. The van der Waals surface area contributed by atoms with Gasteiger partial charge in [0.2, 0.25) is 0 Å². The number of rotatable bonds is 7. The Morgan fingerprint density at radius 2 is 2.41 bits per heavy atom. The van der Waals surface area contributed by atoms with Crippen LogP contribution >= 0.6 is 0 Å². The normalized spacial score (nSPS) is 14.6. The van der Waals surface area contributed by atoms with E-state index in [-0.39, 0.29) is 5.69 Å². The zero-order chi connectivity index (χ0) is 12.1. The zero-order valence-corrected chi connectivity index (χ0v) is 9.46. The van der Waals surface area contributed by atoms with Crippen LogP contribution in [0.15, 0.2) is 18.3 Å². The van der Waals surface area contributed by atoms with Gasteiger partial charge in [-0.2, -0.15) is 0 Å². The van der Waals surface area contributed by atoms with Gasteiger partial charge in [0, 0.05) is 25.4 Å². The van der Waals surface area contributed by atoms with E-state index in [9.17, 15) is 10.1 Å². The van der Waals surface area contributed by atoms with Crippen molar-refractivity contribution in [3.8, 4) is 0 Å². The molecule has 17 heavy (non-hydrogen) atoms. The Hall–Kier alpha value is -1.69. The largest absolute Gasteiger partial charge is 0.379 e. The Bertz CT molecular complexity index is 393. The molecule has 0 unspecified atom stereocenters. The van der Waals surface area contributed by atoms with Crippen molar-refractivity contribution in [2.24, 2.45) is 5.92 Å². The molecule has 0 bridgehead atoms. The first-order chi connectivity index (χ1) is 8.25. The van der Waals surface area contributed by atoms with Crippen LogP contribution in [-0.4, -0.2) is 29.7 Å². The van der Waals surface area contributed by atoms with Crippen molar-refractivity contribution < 1.29 is 9.66 Å². The van der Waals surface area contributed by atoms with Gasteiger partial charge in [-0.3, -0.25) is 10.1 Å². The lowest BCUT2D eigenvalue weighted by atomic mass is 10.4. The quantitative estimate of drug-likeness (QED) is 0.444. The van der Waals surface area contributed by atoms with Crippen LogP contribution in [0.4, 0.5) is 11.5 Å². The molecule has 6 nitrogen and oxygen atoms in total. The predicted octanol–water partition coefficient (Wildman–Crippen LogP) is 1.83. The summed E-state index contributed by atoms with van der Waals surface area (Å²) in [5.41, 5.74) is 0.0430. The summed E-state index contributed by atoms with van der Waals surface area (Å²) >= 11 is 0. The molecule has 0 aromatic carbocycles. The minimum atomic E-state index is -0.434. The van der Waals surface area contributed by atoms with E-state index in [1.54, 1.807) is 0 Å². The van der Waals surface area contributed by atoms with Gasteiger partial charge in [0.25, 0.3) is 5.69 Å². The molecular formula is C11H15N3O3. The third-order valence-corrected chi connectivity index (χ3v) is 2.56. The molecular weight excluding hydrogens is 222 g/mol. The van der Waals surface area contributed by atoms with Crippen molar-refractivity contribution in [2.45, 2.75) is 12.8 Å². The summed E-state index contributed by atoms with van der Waals surface area (Å²) in [4.78, 5) is 14.1. The molecule has 92 valence electrons. The lowest BCUT2D eigenvalue weighted by Gasteiger charge is -2.05. The third-order valence-electron chi connectivity index (χ3n) is 2.56. The van der Waals surface area contributed by atoms with Gasteiger partial charge in [-0.25, -0.2) is 4.98 Å². The van der Waals surface area contributed by atoms with Crippen molar-refractivity contribution >= 4 is 11.5 Å². The maximum absolute atomic E-state index is 10.5. The number of nitrogens with one attached hydrogen (secondary N) is 1. The summed E-state index contributed by atoms with van der Waals surface area (Å²) in [6.45, 7) is 2.03. The number of hydrogen-bond acceptors (Lipinski definition) is 5. The number of nitro groups is 1. The molecule has 1 fully saturated rings. The first-order valence-electron chi connectivity index (χ1n) is 5.68. The van der Waals surface area contributed by atoms with Crippen molar-refractivity contribution in [2.75, 3.05) is 25.1 Å². The lowest BCUT2D eigenvalue weighted by molar-refractivity contribution is -0.384. The van der Waals surface area contributed by atoms with Crippen LogP contribution < -0.4 is 5.32 Å². The van der Waals surface area contributed by atoms with Gasteiger partial charge in [0.1, 0.15) is 5.82 Å². The number of ether oxygens (including phenoxy) is 1. The van der Waals surface area contributed by atoms with Crippen molar-refractivity contribution in [1.82, 2.24) is 4.98 Å². The summed E-state index contributed by atoms with van der Waals surface area (Å²) in [5, 5.41) is 13.5. The van der Waals surface area contributed by atoms with E-state index in [0.29, 0.717) is 19.0 Å². The van der Waals surface area contributed by atoms with E-state index in [2.05, 4.69) is 10.3 Å². The van der Waals surface area contributed by atoms with Gasteiger partial charge < -0.3 is 10.1 Å². The number of nitrogens with zero attached hydrogens (tertiary/aromatic N) is 2. The molecule has 6 heteroatoms. The van der Waals surface area contributed by atoms with E-state index in [0.717, 1.165) is 12.5 Å². The van der Waals surface area contributed by atoms with E-state index in [4.69, 9.17) is 4.74 Å². The molecule has 0 atom stereocenters. The van der Waals surface area contributed by atoms with Gasteiger partial charge in [-0.1, -0.05) is 0 Å². The standard InChI is InChI=1S/C11H15N3O3/c15-14(16)10-3-4-12-11(7-10)13-5-6-17-8-9-1-2-9/h3-4,7,9H,1-2,5-6,8H2,(H,12,13). The summed E-state index contributed by atoms with van der Waals surface area (Å²) in [6.07, 6.45) is 3.98. The topological polar surface area (TPSA) is 77.3 Å². The summed E-state index contributed by atoms with van der Waals surface area (Å²) in [7, 11) is 0. The molecule has 1 N–H and O–H groups in total. The van der Waals surface area contributed by atoms with E-state index < -0.39 is 4.92 Å². The summed E-state index contributed by atoms with van der Waals surface area (Å²) in [5.74, 6) is 1.26. The monoisotopic (exact) mass is 237 g/mol. The zero-order valence-electron chi connectivity index (χ0n) is 9.46. The number of hydrogen-bond donors (Lipinski definition) is 1. The van der Waals surface area contributed by atoms with Crippen LogP contribution in [0.1, 0.15) is 12.8 Å². The molecule has 1 aromatic rings. The highest BCUT2D eigenvalue weighted by atomic mass is 16.6. The SMILES string of the molecule is O=[N+]([O-])c1ccnc(NCCOCC2CC2)c1. The molecule has 2 rings (SSSR count). The molecule has 1 heterocycles. The van der Waals surface area contributed by atoms with E-state index in [1.807, 2.05) is 0 Å². The maximum Gasteiger partial charge on any atom is 0.274 e. The fourth-order valence-electron chi connectivity index (χ4n) is 1.42. The Kier molecular flexibility index (Phi) is 3.87. The minimum absolute atomic E-state index is 0.0430. The van der Waals surface area contributed by atoms with Crippen LogP contribution in [-0.2, 0) is 4.74 Å². The van der Waals surface area contributed by atoms with E-state index in [1.165, 1.54) is 31.2 Å². The van der Waals surface area contributed by atoms with Crippen molar-refractivity contribution in [1.29, 1.82) is 0 Å². The van der Waals surface area contributed by atoms with Crippen LogP contribution in [0.5, 0.6) is 0 Å². The molecule has 1 aromatic heterocycles. The molecule has 0 aliphatic heterocycles. The van der Waals surface area contributed by atoms with Crippen molar-refractivity contribution in [3.63, 3.8) is 0 Å². The smallest absolute Gasteiger partial charge is 0.274 e. The number of pyridine rings is 1. The average Bonchev–Trinajstić information content (AvgIpc) is 3.13. The fourth-order valence-corrected chi connectivity index (χ4v) is 1.42. The Morgan fingerprint density at radius 1 is 1.59 bits per heavy atom. The van der Waals surface area contributed by atoms with Crippen LogP contribution in [0.2, 0.25) is 0 Å². The first kappa shape index (κ1) is 11.8. The molecule has 0 radical (unpaired) electrons. The van der Waals surface area contributed by atoms with Crippen molar-refractivity contribution in [3.05, 3.63) is 28.4 Å². The van der Waals surface area contributed by atoms with E-state index >= 15 is 0 Å². The predicted molar refractivity (Wildman–Crippen MR) is 62.9 cm³/mol. The van der Waals surface area contributed by atoms with Gasteiger partial charge >= 0.3 is 0 Å². The highest BCUT2D eigenvalue weighted by Gasteiger charge is 2.20. The molecule has 1 aliphatic carbocycles. The Labute approximate surface area is 99.2 Å². The molecule has 1 aliphatic rings. The second kappa shape index (κ2) is 5.58. The fraction of sp³-hybridized carbons (Fsp3) is 0.545. The van der Waals surface area contributed by atoms with Gasteiger partial charge in [-0.05, 0) is 18.8 Å². The summed E-state index contributed by atoms with van der Waals surface area (Å²) < 4.78 is 5.43. The third kappa shape index (κ3) is 3.99. The van der Waals surface area contributed by atoms with Crippen LogP contribution in [0.25, 0.3) is 0 Å². The average molecular weight is 237 g/mol. The van der Waals surface area contributed by atoms with Gasteiger partial charge in [0.05, 0.1) is 17.6 Å². The second-order valence-electron chi connectivity index (χ2n) is 4.10. The Balaban J connectivity index is 1.70. The molecule has 0 saturated heterocycles. The maximum atomic E-state index is 10.5. The minimum Gasteiger partial charge on any atom is -0.379 e. The van der Waals surface area contributed by atoms with Crippen LogP contribution in [0, 0.1) is 16.0 Å².